The number of hydrogen-bond donors (Lipinski definition) is 1. The summed E-state index contributed by atoms with van der Waals surface area (Å²) in [5.41, 5.74) is 2.79. The molecule has 0 saturated heterocycles. The third kappa shape index (κ3) is 3.69. The molecule has 0 aliphatic heterocycles. The van der Waals surface area contributed by atoms with E-state index in [4.69, 9.17) is 21.1 Å². The van der Waals surface area contributed by atoms with Gasteiger partial charge in [0.25, 0.3) is 0 Å². The average molecular weight is 307 g/mol. The lowest BCUT2D eigenvalue weighted by atomic mass is 10.00. The lowest BCUT2D eigenvalue weighted by molar-refractivity contribution is 0.178. The quantitative estimate of drug-likeness (QED) is 0.909. The Morgan fingerprint density at radius 1 is 1.05 bits per heavy atom. The number of methoxy groups -OCH3 is 2. The Labute approximate surface area is 130 Å². The fourth-order valence-electron chi connectivity index (χ4n) is 2.20. The molecule has 3 nitrogen and oxygen atoms in total. The van der Waals surface area contributed by atoms with Crippen LogP contribution in [0.25, 0.3) is 0 Å². The maximum absolute atomic E-state index is 10.4. The van der Waals surface area contributed by atoms with Gasteiger partial charge in [0.15, 0.2) is 11.5 Å². The number of halogens is 1. The Morgan fingerprint density at radius 3 is 2.38 bits per heavy atom. The molecule has 2 aromatic carbocycles. The van der Waals surface area contributed by atoms with Crippen LogP contribution in [-0.2, 0) is 6.42 Å². The van der Waals surface area contributed by atoms with Crippen molar-refractivity contribution in [2.45, 2.75) is 19.4 Å². The molecule has 0 aliphatic rings. The number of rotatable bonds is 5. The van der Waals surface area contributed by atoms with Gasteiger partial charge in [-0.2, -0.15) is 0 Å². The van der Waals surface area contributed by atoms with Crippen LogP contribution >= 0.6 is 11.6 Å². The van der Waals surface area contributed by atoms with E-state index in [0.717, 1.165) is 16.7 Å². The van der Waals surface area contributed by atoms with Crippen molar-refractivity contribution >= 4 is 11.6 Å². The lowest BCUT2D eigenvalue weighted by Crippen LogP contribution is -2.03. The van der Waals surface area contributed by atoms with Crippen LogP contribution in [0.15, 0.2) is 36.4 Å². The van der Waals surface area contributed by atoms with Gasteiger partial charge in [0.1, 0.15) is 0 Å². The summed E-state index contributed by atoms with van der Waals surface area (Å²) in [5, 5.41) is 11.1. The molecule has 0 aliphatic carbocycles. The highest BCUT2D eigenvalue weighted by Gasteiger charge is 2.14. The number of aliphatic hydroxyl groups excluding tert-OH is 1. The van der Waals surface area contributed by atoms with Crippen LogP contribution in [0.5, 0.6) is 11.5 Å². The van der Waals surface area contributed by atoms with Crippen molar-refractivity contribution in [1.82, 2.24) is 0 Å². The molecule has 21 heavy (non-hydrogen) atoms. The predicted molar refractivity (Wildman–Crippen MR) is 84.4 cm³/mol. The second-order valence-electron chi connectivity index (χ2n) is 4.93. The molecule has 0 spiro atoms. The topological polar surface area (TPSA) is 38.7 Å². The number of ether oxygens (including phenoxy) is 2. The first kappa shape index (κ1) is 15.7. The minimum Gasteiger partial charge on any atom is -0.493 e. The Hall–Kier alpha value is -1.71. The summed E-state index contributed by atoms with van der Waals surface area (Å²) < 4.78 is 10.4. The van der Waals surface area contributed by atoms with Crippen LogP contribution in [0.2, 0.25) is 5.02 Å². The molecular weight excluding hydrogens is 288 g/mol. The van der Waals surface area contributed by atoms with E-state index < -0.39 is 6.10 Å². The zero-order valence-electron chi connectivity index (χ0n) is 12.4. The first-order chi connectivity index (χ1) is 10.0. The van der Waals surface area contributed by atoms with Gasteiger partial charge in [0.2, 0.25) is 0 Å². The first-order valence-corrected chi connectivity index (χ1v) is 7.08. The van der Waals surface area contributed by atoms with Gasteiger partial charge in [-0.3, -0.25) is 0 Å². The normalized spacial score (nSPS) is 12.0. The molecule has 0 amide bonds. The fraction of sp³-hybridized carbons (Fsp3) is 0.294. The third-order valence-corrected chi connectivity index (χ3v) is 3.77. The average Bonchev–Trinajstić information content (AvgIpc) is 2.49. The van der Waals surface area contributed by atoms with Gasteiger partial charge in [-0.05, 0) is 41.8 Å². The Kier molecular flexibility index (Phi) is 5.10. The van der Waals surface area contributed by atoms with Crippen LogP contribution in [0.1, 0.15) is 22.8 Å². The van der Waals surface area contributed by atoms with Crippen molar-refractivity contribution in [1.29, 1.82) is 0 Å². The molecule has 0 bridgehead atoms. The molecule has 0 fully saturated rings. The lowest BCUT2D eigenvalue weighted by Gasteiger charge is -2.15. The van der Waals surface area contributed by atoms with Crippen LogP contribution < -0.4 is 9.47 Å². The highest BCUT2D eigenvalue weighted by Crippen LogP contribution is 2.32. The van der Waals surface area contributed by atoms with E-state index in [9.17, 15) is 5.11 Å². The molecule has 0 saturated carbocycles. The van der Waals surface area contributed by atoms with Gasteiger partial charge in [0.05, 0.1) is 20.3 Å². The molecule has 2 aromatic rings. The van der Waals surface area contributed by atoms with Crippen LogP contribution in [0, 0.1) is 6.92 Å². The molecule has 0 radical (unpaired) electrons. The van der Waals surface area contributed by atoms with Crippen molar-refractivity contribution in [3.05, 3.63) is 58.1 Å². The summed E-state index contributed by atoms with van der Waals surface area (Å²) in [4.78, 5) is 0. The van der Waals surface area contributed by atoms with Gasteiger partial charge >= 0.3 is 0 Å². The SMILES string of the molecule is COc1ccc(C(O)Cc2ccc(C)cc2Cl)cc1OC. The largest absolute Gasteiger partial charge is 0.493 e. The van der Waals surface area contributed by atoms with Crippen LogP contribution in [-0.4, -0.2) is 19.3 Å². The van der Waals surface area contributed by atoms with E-state index in [1.807, 2.05) is 31.2 Å². The second-order valence-corrected chi connectivity index (χ2v) is 5.34. The first-order valence-electron chi connectivity index (χ1n) is 6.70. The minimum atomic E-state index is -0.648. The summed E-state index contributed by atoms with van der Waals surface area (Å²) in [6.45, 7) is 1.99. The fourth-order valence-corrected chi connectivity index (χ4v) is 2.52. The smallest absolute Gasteiger partial charge is 0.161 e. The number of aliphatic hydroxyl groups is 1. The predicted octanol–water partition coefficient (Wildman–Crippen LogP) is 3.94. The second kappa shape index (κ2) is 6.83. The summed E-state index contributed by atoms with van der Waals surface area (Å²) in [6, 6.07) is 11.2. The van der Waals surface area contributed by atoms with E-state index in [2.05, 4.69) is 0 Å². The van der Waals surface area contributed by atoms with E-state index in [1.54, 1.807) is 26.4 Å². The van der Waals surface area contributed by atoms with Crippen molar-refractivity contribution in [2.24, 2.45) is 0 Å². The summed E-state index contributed by atoms with van der Waals surface area (Å²) in [7, 11) is 3.16. The standard InChI is InChI=1S/C17H19ClO3/c1-11-4-5-12(14(18)8-11)9-15(19)13-6-7-16(20-2)17(10-13)21-3/h4-8,10,15,19H,9H2,1-3H3. The molecule has 1 unspecified atom stereocenters. The van der Waals surface area contributed by atoms with Crippen LogP contribution in [0.3, 0.4) is 0 Å². The Morgan fingerprint density at radius 2 is 1.76 bits per heavy atom. The van der Waals surface area contributed by atoms with Gasteiger partial charge in [0, 0.05) is 11.4 Å². The number of hydrogen-bond acceptors (Lipinski definition) is 3. The molecule has 1 atom stereocenters. The summed E-state index contributed by atoms with van der Waals surface area (Å²) >= 11 is 6.21. The number of aryl methyl sites for hydroxylation is 1. The molecule has 0 aromatic heterocycles. The van der Waals surface area contributed by atoms with Crippen molar-refractivity contribution in [3.8, 4) is 11.5 Å². The van der Waals surface area contributed by atoms with Gasteiger partial charge in [-0.25, -0.2) is 0 Å². The summed E-state index contributed by atoms with van der Waals surface area (Å²) in [5.74, 6) is 1.24. The maximum atomic E-state index is 10.4. The van der Waals surface area contributed by atoms with Crippen molar-refractivity contribution < 1.29 is 14.6 Å². The highest BCUT2D eigenvalue weighted by atomic mass is 35.5. The van der Waals surface area contributed by atoms with Crippen LogP contribution in [0.4, 0.5) is 0 Å². The highest BCUT2D eigenvalue weighted by molar-refractivity contribution is 6.31. The Balaban J connectivity index is 2.21. The number of benzene rings is 2. The molecule has 0 heterocycles. The Bertz CT molecular complexity index is 625. The van der Waals surface area contributed by atoms with E-state index in [-0.39, 0.29) is 0 Å². The molecule has 2 rings (SSSR count). The van der Waals surface area contributed by atoms with E-state index in [0.29, 0.717) is 22.9 Å². The van der Waals surface area contributed by atoms with Crippen molar-refractivity contribution in [3.63, 3.8) is 0 Å². The zero-order valence-corrected chi connectivity index (χ0v) is 13.1. The zero-order chi connectivity index (χ0) is 15.4. The molecule has 4 heteroatoms. The van der Waals surface area contributed by atoms with Gasteiger partial charge < -0.3 is 14.6 Å². The minimum absolute atomic E-state index is 0.453. The molecule has 1 N–H and O–H groups in total. The van der Waals surface area contributed by atoms with E-state index >= 15 is 0 Å². The molecular formula is C17H19ClO3. The summed E-state index contributed by atoms with van der Waals surface area (Å²) in [6.07, 6.45) is -0.195. The van der Waals surface area contributed by atoms with Gasteiger partial charge in [-0.1, -0.05) is 29.8 Å². The third-order valence-electron chi connectivity index (χ3n) is 3.41. The maximum Gasteiger partial charge on any atom is 0.161 e. The molecule has 112 valence electrons. The van der Waals surface area contributed by atoms with Crippen molar-refractivity contribution in [2.75, 3.05) is 14.2 Å². The van der Waals surface area contributed by atoms with Gasteiger partial charge in [-0.15, -0.1) is 0 Å². The monoisotopic (exact) mass is 306 g/mol. The van der Waals surface area contributed by atoms with E-state index in [1.165, 1.54) is 0 Å².